The van der Waals surface area contributed by atoms with E-state index < -0.39 is 110 Å². The zero-order chi connectivity index (χ0) is 34.7. The molecule has 2 aromatic carbocycles. The Kier molecular flexibility index (Phi) is 7.28. The lowest BCUT2D eigenvalue weighted by Crippen LogP contribution is -2.60. The number of fused-ring (bicyclic) bond motifs is 4. The Morgan fingerprint density at radius 3 is 1.94 bits per heavy atom. The predicted molar refractivity (Wildman–Crippen MR) is 149 cm³/mol. The van der Waals surface area contributed by atoms with Gasteiger partial charge < -0.3 is 20.3 Å². The SMILES string of the molecule is COc1cc([C@H]2C3=CC[C@@H]4C(=O)N(C(N)=O)C(=O)[C@@H]4[C@@H]3C[C@@]3(Cl)C(=O)N(c4c(F)c(F)c(F)c(F)c4F)C(=O)[C@@]23Cl)cc(OC)c1O. The number of amides is 6. The Balaban J connectivity index is 1.64. The largest absolute Gasteiger partial charge is 0.502 e. The number of imide groups is 4. The summed E-state index contributed by atoms with van der Waals surface area (Å²) in [6.07, 6.45) is 0.423. The van der Waals surface area contributed by atoms with Gasteiger partial charge in [0.1, 0.15) is 5.69 Å². The first-order valence-corrected chi connectivity index (χ1v) is 14.3. The summed E-state index contributed by atoms with van der Waals surface area (Å²) in [7, 11) is 2.32. The van der Waals surface area contributed by atoms with Gasteiger partial charge in [0.15, 0.2) is 44.5 Å². The number of aromatic hydroxyl groups is 1. The molecule has 0 unspecified atom stereocenters. The molecule has 3 N–H and O–H groups in total. The van der Waals surface area contributed by atoms with E-state index in [1.165, 1.54) is 6.08 Å². The number of carbonyl (C=O) groups is 5. The smallest absolute Gasteiger partial charge is 0.328 e. The van der Waals surface area contributed by atoms with Crippen LogP contribution in [0.4, 0.5) is 32.4 Å². The lowest BCUT2D eigenvalue weighted by atomic mass is 9.56. The number of methoxy groups -OCH3 is 2. The second kappa shape index (κ2) is 10.5. The van der Waals surface area contributed by atoms with E-state index in [-0.39, 0.29) is 38.9 Å². The number of rotatable bonds is 4. The van der Waals surface area contributed by atoms with Gasteiger partial charge in [-0.2, -0.15) is 4.90 Å². The topological polar surface area (TPSA) is 157 Å². The number of carbonyl (C=O) groups excluding carboxylic acids is 5. The van der Waals surface area contributed by atoms with Gasteiger partial charge in [0.05, 0.1) is 26.1 Å². The Morgan fingerprint density at radius 1 is 0.894 bits per heavy atom. The molecule has 6 rings (SSSR count). The highest BCUT2D eigenvalue weighted by molar-refractivity contribution is 6.58. The van der Waals surface area contributed by atoms with Crippen LogP contribution in [0.25, 0.3) is 0 Å². The zero-order valence-electron chi connectivity index (χ0n) is 23.9. The molecule has 2 aromatic rings. The maximum atomic E-state index is 15.1. The summed E-state index contributed by atoms with van der Waals surface area (Å²) in [6.45, 7) is 0. The molecule has 0 bridgehead atoms. The average Bonchev–Trinajstić information content (AvgIpc) is 3.37. The molecular weight excluding hydrogens is 684 g/mol. The second-order valence-electron chi connectivity index (χ2n) is 11.3. The first-order valence-electron chi connectivity index (χ1n) is 13.6. The molecule has 248 valence electrons. The third-order valence-corrected chi connectivity index (χ3v) is 10.7. The summed E-state index contributed by atoms with van der Waals surface area (Å²) < 4.78 is 83.3. The molecule has 0 aromatic heterocycles. The number of benzene rings is 2. The first kappa shape index (κ1) is 32.5. The number of phenolic OH excluding ortho intramolecular Hbond substituents is 1. The molecule has 1 saturated carbocycles. The number of alkyl halides is 2. The van der Waals surface area contributed by atoms with Crippen LogP contribution < -0.4 is 20.1 Å². The van der Waals surface area contributed by atoms with Crippen LogP contribution in [0.15, 0.2) is 23.8 Å². The number of nitrogens with zero attached hydrogens (tertiary/aromatic N) is 2. The molecule has 6 amide bonds. The van der Waals surface area contributed by atoms with Crippen LogP contribution in [0.1, 0.15) is 24.3 Å². The van der Waals surface area contributed by atoms with E-state index in [0.717, 1.165) is 26.4 Å². The lowest BCUT2D eigenvalue weighted by Gasteiger charge is -2.50. The normalized spacial score (nSPS) is 29.9. The molecule has 2 aliphatic heterocycles. The maximum Gasteiger partial charge on any atom is 0.328 e. The number of anilines is 1. The van der Waals surface area contributed by atoms with E-state index >= 15 is 8.78 Å². The third kappa shape index (κ3) is 3.94. The third-order valence-electron chi connectivity index (χ3n) is 9.28. The lowest BCUT2D eigenvalue weighted by molar-refractivity contribution is -0.136. The molecule has 3 fully saturated rings. The minimum absolute atomic E-state index is 0.0742. The van der Waals surface area contributed by atoms with E-state index in [1.807, 2.05) is 0 Å². The van der Waals surface area contributed by atoms with Crippen LogP contribution in [0, 0.1) is 46.8 Å². The number of allylic oxidation sites excluding steroid dienone is 2. The van der Waals surface area contributed by atoms with Crippen molar-refractivity contribution < 1.29 is 60.5 Å². The zero-order valence-corrected chi connectivity index (χ0v) is 25.4. The maximum absolute atomic E-state index is 15.1. The predicted octanol–water partition coefficient (Wildman–Crippen LogP) is 3.75. The summed E-state index contributed by atoms with van der Waals surface area (Å²) in [5.41, 5.74) is 3.37. The van der Waals surface area contributed by atoms with Crippen LogP contribution in [0.2, 0.25) is 0 Å². The van der Waals surface area contributed by atoms with Crippen LogP contribution in [-0.4, -0.2) is 63.6 Å². The number of urea groups is 1. The summed E-state index contributed by atoms with van der Waals surface area (Å²) >= 11 is 14.0. The molecule has 2 heterocycles. The van der Waals surface area contributed by atoms with Gasteiger partial charge in [0.2, 0.25) is 23.4 Å². The van der Waals surface area contributed by atoms with Crippen molar-refractivity contribution >= 4 is 58.5 Å². The van der Waals surface area contributed by atoms with E-state index in [1.54, 1.807) is 0 Å². The molecule has 2 aliphatic carbocycles. The molecule has 6 atom stereocenters. The van der Waals surface area contributed by atoms with Crippen LogP contribution in [0.3, 0.4) is 0 Å². The quantitative estimate of drug-likeness (QED) is 0.122. The fourth-order valence-electron chi connectivity index (χ4n) is 7.24. The Morgan fingerprint density at radius 2 is 1.43 bits per heavy atom. The van der Waals surface area contributed by atoms with Crippen molar-refractivity contribution in [3.63, 3.8) is 0 Å². The van der Waals surface area contributed by atoms with Crippen molar-refractivity contribution in [1.29, 1.82) is 0 Å². The molecule has 18 heteroatoms. The van der Waals surface area contributed by atoms with Crippen molar-refractivity contribution in [2.24, 2.45) is 23.5 Å². The minimum atomic E-state index is -2.82. The number of hydrogen-bond donors (Lipinski definition) is 2. The molecule has 4 aliphatic rings. The highest BCUT2D eigenvalue weighted by Gasteiger charge is 2.77. The molecule has 0 spiro atoms. The first-order chi connectivity index (χ1) is 22.0. The number of primary amides is 1. The standard InChI is InChI=1S/C29H20Cl2F5N3O8/c1-46-12-5-8(6-13(47-2)22(12)40)15-9-3-4-10-14(24(42)39(23(10)41)27(37)45)11(9)7-28(30)25(43)38(26(44)29(15,28)31)21-19(35)17(33)16(32)18(34)20(21)36/h3,5-6,10-11,14-15,40H,4,7H2,1-2H3,(H2,37,45)/t10-,11+,14-,15-,28+,29-/m0/s1. The van der Waals surface area contributed by atoms with Gasteiger partial charge in [-0.25, -0.2) is 31.6 Å². The summed E-state index contributed by atoms with van der Waals surface area (Å²) in [5, 5.41) is 10.6. The molecule has 0 radical (unpaired) electrons. The number of phenols is 1. The summed E-state index contributed by atoms with van der Waals surface area (Å²) in [5.74, 6) is -24.5. The van der Waals surface area contributed by atoms with Crippen molar-refractivity contribution in [3.8, 4) is 17.2 Å². The highest BCUT2D eigenvalue weighted by atomic mass is 35.5. The number of likely N-dealkylation sites (tertiary alicyclic amines) is 1. The van der Waals surface area contributed by atoms with Gasteiger partial charge in [0, 0.05) is 5.92 Å². The minimum Gasteiger partial charge on any atom is -0.502 e. The van der Waals surface area contributed by atoms with Crippen molar-refractivity contribution in [3.05, 3.63) is 58.4 Å². The van der Waals surface area contributed by atoms with Gasteiger partial charge in [-0.3, -0.25) is 19.2 Å². The van der Waals surface area contributed by atoms with Crippen molar-refractivity contribution in [2.75, 3.05) is 19.1 Å². The van der Waals surface area contributed by atoms with Crippen LogP contribution in [-0.2, 0) is 19.2 Å². The number of nitrogens with two attached hydrogens (primary N) is 1. The molecular formula is C29H20Cl2F5N3O8. The van der Waals surface area contributed by atoms with Crippen LogP contribution in [0.5, 0.6) is 17.2 Å². The average molecular weight is 704 g/mol. The second-order valence-corrected chi connectivity index (χ2v) is 12.6. The Hall–Kier alpha value is -4.44. The van der Waals surface area contributed by atoms with Gasteiger partial charge >= 0.3 is 6.03 Å². The highest BCUT2D eigenvalue weighted by Crippen LogP contribution is 2.66. The van der Waals surface area contributed by atoms with E-state index in [4.69, 9.17) is 38.4 Å². The fourth-order valence-corrected chi connectivity index (χ4v) is 8.17. The summed E-state index contributed by atoms with van der Waals surface area (Å²) in [4.78, 5) is 61.3. The Labute approximate surface area is 270 Å². The fraction of sp³-hybridized carbons (Fsp3) is 0.345. The number of hydrogen-bond acceptors (Lipinski definition) is 8. The molecule has 47 heavy (non-hydrogen) atoms. The van der Waals surface area contributed by atoms with E-state index in [0.29, 0.717) is 0 Å². The van der Waals surface area contributed by atoms with Gasteiger partial charge in [-0.05, 0) is 36.5 Å². The van der Waals surface area contributed by atoms with Gasteiger partial charge in [-0.15, -0.1) is 23.2 Å². The van der Waals surface area contributed by atoms with E-state index in [2.05, 4.69) is 0 Å². The number of ether oxygens (including phenoxy) is 2. The molecule has 2 saturated heterocycles. The number of halogens is 7. The monoisotopic (exact) mass is 703 g/mol. The van der Waals surface area contributed by atoms with E-state index in [9.17, 15) is 42.3 Å². The Bertz CT molecular complexity index is 1840. The van der Waals surface area contributed by atoms with Gasteiger partial charge in [0.25, 0.3) is 11.8 Å². The van der Waals surface area contributed by atoms with Crippen molar-refractivity contribution in [1.82, 2.24) is 4.90 Å². The van der Waals surface area contributed by atoms with Gasteiger partial charge in [-0.1, -0.05) is 11.6 Å². The van der Waals surface area contributed by atoms with Crippen LogP contribution >= 0.6 is 23.2 Å². The summed E-state index contributed by atoms with van der Waals surface area (Å²) in [6, 6.07) is 0.943. The van der Waals surface area contributed by atoms with Crippen molar-refractivity contribution in [2.45, 2.75) is 28.5 Å². The molecule has 11 nitrogen and oxygen atoms in total.